The summed E-state index contributed by atoms with van der Waals surface area (Å²) < 4.78 is 52.1. The molecule has 0 amide bonds. The lowest BCUT2D eigenvalue weighted by Gasteiger charge is -2.00. The van der Waals surface area contributed by atoms with Crippen molar-refractivity contribution < 1.29 is 26.7 Å². The summed E-state index contributed by atoms with van der Waals surface area (Å²) in [7, 11) is 0. The molecule has 0 aliphatic carbocycles. The Kier molecular flexibility index (Phi) is 6.88. The van der Waals surface area contributed by atoms with Gasteiger partial charge in [0.05, 0.1) is 0 Å². The number of allylic oxidation sites excluding steroid dienone is 1. The fourth-order valence-electron chi connectivity index (χ4n) is 0. The van der Waals surface area contributed by atoms with E-state index in [1.807, 2.05) is 0 Å². The second-order valence-corrected chi connectivity index (χ2v) is 1.72. The van der Waals surface area contributed by atoms with Gasteiger partial charge in [0.2, 0.25) is 5.24 Å². The molecular weight excluding hydrogens is 206 g/mol. The van der Waals surface area contributed by atoms with Crippen LogP contribution in [0.25, 0.3) is 0 Å². The molecule has 0 aliphatic heterocycles. The number of halogens is 6. The standard InChI is InChI=1S/C3H3ClO.C2HF5/c1-2-3(4)5;3-1(4)2(5,6)7/h2H,1H2;1H. The van der Waals surface area contributed by atoms with Crippen LogP contribution in [0, 0.1) is 0 Å². The van der Waals surface area contributed by atoms with E-state index in [1.54, 1.807) is 0 Å². The topological polar surface area (TPSA) is 17.1 Å². The minimum Gasteiger partial charge on any atom is -0.276 e. The van der Waals surface area contributed by atoms with E-state index in [-0.39, 0.29) is 0 Å². The van der Waals surface area contributed by atoms with Crippen molar-refractivity contribution in [3.8, 4) is 0 Å². The quantitative estimate of drug-likeness (QED) is 0.370. The van der Waals surface area contributed by atoms with Crippen LogP contribution in [0.1, 0.15) is 0 Å². The minimum atomic E-state index is -5.33. The van der Waals surface area contributed by atoms with Crippen LogP contribution >= 0.6 is 11.6 Å². The lowest BCUT2D eigenvalue weighted by atomic mass is 10.7. The molecule has 0 radical (unpaired) electrons. The first kappa shape index (κ1) is 13.9. The first-order valence-electron chi connectivity index (χ1n) is 2.38. The van der Waals surface area contributed by atoms with E-state index in [2.05, 4.69) is 6.58 Å². The fraction of sp³-hybridized carbons (Fsp3) is 0.400. The Morgan fingerprint density at radius 2 is 1.58 bits per heavy atom. The van der Waals surface area contributed by atoms with Crippen molar-refractivity contribution in [2.45, 2.75) is 12.6 Å². The second-order valence-electron chi connectivity index (χ2n) is 1.35. The van der Waals surface area contributed by atoms with Gasteiger partial charge in [-0.05, 0) is 17.7 Å². The third-order valence-electron chi connectivity index (χ3n) is 0.408. The lowest BCUT2D eigenvalue weighted by Crippen LogP contribution is -2.18. The highest BCUT2D eigenvalue weighted by Gasteiger charge is 2.40. The van der Waals surface area contributed by atoms with Gasteiger partial charge in [0.25, 0.3) is 0 Å². The molecule has 0 heterocycles. The molecule has 12 heavy (non-hydrogen) atoms. The Bertz CT molecular complexity index is 152. The zero-order chi connectivity index (χ0) is 10.4. The molecule has 7 heteroatoms. The molecular formula is C5H4ClF5O. The summed E-state index contributed by atoms with van der Waals surface area (Å²) in [6.45, 7) is 3.08. The summed E-state index contributed by atoms with van der Waals surface area (Å²) in [6.07, 6.45) is -8.49. The third kappa shape index (κ3) is 12.1. The molecule has 0 spiro atoms. The number of hydrogen-bond acceptors (Lipinski definition) is 1. The van der Waals surface area contributed by atoms with Gasteiger partial charge in [-0.1, -0.05) is 6.58 Å². The van der Waals surface area contributed by atoms with Crippen LogP contribution in [0.2, 0.25) is 0 Å². The summed E-state index contributed by atoms with van der Waals surface area (Å²) >= 11 is 4.71. The average molecular weight is 211 g/mol. The summed E-state index contributed by atoms with van der Waals surface area (Å²) in [5.74, 6) is 0. The summed E-state index contributed by atoms with van der Waals surface area (Å²) in [5.41, 5.74) is 0. The van der Waals surface area contributed by atoms with Gasteiger partial charge in [0, 0.05) is 0 Å². The first-order valence-corrected chi connectivity index (χ1v) is 2.76. The summed E-state index contributed by atoms with van der Waals surface area (Å²) in [6, 6.07) is 0. The van der Waals surface area contributed by atoms with Gasteiger partial charge < -0.3 is 0 Å². The molecule has 0 aromatic carbocycles. The molecule has 1 nitrogen and oxygen atoms in total. The van der Waals surface area contributed by atoms with Crippen LogP contribution in [-0.2, 0) is 4.79 Å². The molecule has 72 valence electrons. The average Bonchev–Trinajstić information content (AvgIpc) is 1.87. The van der Waals surface area contributed by atoms with Gasteiger partial charge in [0.15, 0.2) is 0 Å². The minimum absolute atomic E-state index is 0.509. The van der Waals surface area contributed by atoms with E-state index in [4.69, 9.17) is 11.6 Å². The molecule has 0 N–H and O–H groups in total. The molecule has 0 aromatic heterocycles. The van der Waals surface area contributed by atoms with Gasteiger partial charge in [-0.15, -0.1) is 0 Å². The van der Waals surface area contributed by atoms with Crippen LogP contribution in [0.4, 0.5) is 22.0 Å². The predicted octanol–water partition coefficient (Wildman–Crippen LogP) is 2.75. The number of carbonyl (C=O) groups excluding carboxylic acids is 1. The van der Waals surface area contributed by atoms with E-state index in [1.165, 1.54) is 0 Å². The Morgan fingerprint density at radius 1 is 1.42 bits per heavy atom. The van der Waals surface area contributed by atoms with Crippen molar-refractivity contribution in [2.75, 3.05) is 0 Å². The molecule has 0 bridgehead atoms. The highest BCUT2D eigenvalue weighted by atomic mass is 35.5. The van der Waals surface area contributed by atoms with Crippen molar-refractivity contribution in [1.82, 2.24) is 0 Å². The SMILES string of the molecule is C=CC(=O)Cl.FC(F)C(F)(F)F. The molecule has 0 unspecified atom stereocenters. The van der Waals surface area contributed by atoms with Crippen molar-refractivity contribution >= 4 is 16.8 Å². The Balaban J connectivity index is 0. The molecule has 0 saturated carbocycles. The molecule has 0 aliphatic rings. The van der Waals surface area contributed by atoms with Crippen molar-refractivity contribution in [1.29, 1.82) is 0 Å². The fourth-order valence-corrected chi connectivity index (χ4v) is 0. The number of rotatable bonds is 1. The maximum atomic E-state index is 10.4. The zero-order valence-electron chi connectivity index (χ0n) is 5.54. The molecule has 0 atom stereocenters. The van der Waals surface area contributed by atoms with E-state index in [0.717, 1.165) is 6.08 Å². The summed E-state index contributed by atoms with van der Waals surface area (Å²) in [5, 5.41) is -0.509. The van der Waals surface area contributed by atoms with Crippen LogP contribution in [-0.4, -0.2) is 17.8 Å². The van der Waals surface area contributed by atoms with Crippen LogP contribution in [0.5, 0.6) is 0 Å². The zero-order valence-corrected chi connectivity index (χ0v) is 6.29. The van der Waals surface area contributed by atoms with E-state index in [9.17, 15) is 26.7 Å². The highest BCUT2D eigenvalue weighted by Crippen LogP contribution is 2.22. The Hall–Kier alpha value is -0.650. The lowest BCUT2D eigenvalue weighted by molar-refractivity contribution is -0.219. The summed E-state index contributed by atoms with van der Waals surface area (Å²) in [4.78, 5) is 9.46. The van der Waals surface area contributed by atoms with Crippen molar-refractivity contribution in [3.63, 3.8) is 0 Å². The van der Waals surface area contributed by atoms with Crippen LogP contribution in [0.15, 0.2) is 12.7 Å². The first-order chi connectivity index (χ1) is 5.21. The molecule has 0 aromatic rings. The van der Waals surface area contributed by atoms with E-state index < -0.39 is 17.8 Å². The maximum Gasteiger partial charge on any atom is 0.450 e. The normalized spacial score (nSPS) is 10.2. The maximum absolute atomic E-state index is 10.4. The molecule has 0 rings (SSSR count). The van der Waals surface area contributed by atoms with Gasteiger partial charge in [0.1, 0.15) is 0 Å². The second kappa shape index (κ2) is 5.93. The molecule has 0 fully saturated rings. The van der Waals surface area contributed by atoms with Gasteiger partial charge in [-0.3, -0.25) is 4.79 Å². The number of alkyl halides is 5. The van der Waals surface area contributed by atoms with Crippen LogP contribution < -0.4 is 0 Å². The third-order valence-corrected chi connectivity index (χ3v) is 0.562. The van der Waals surface area contributed by atoms with Crippen molar-refractivity contribution in [2.24, 2.45) is 0 Å². The Morgan fingerprint density at radius 3 is 1.58 bits per heavy atom. The van der Waals surface area contributed by atoms with Crippen LogP contribution in [0.3, 0.4) is 0 Å². The predicted molar refractivity (Wildman–Crippen MR) is 33.1 cm³/mol. The number of carbonyl (C=O) groups is 1. The highest BCUT2D eigenvalue weighted by molar-refractivity contribution is 6.66. The largest absolute Gasteiger partial charge is 0.450 e. The monoisotopic (exact) mass is 210 g/mol. The van der Waals surface area contributed by atoms with Gasteiger partial charge in [-0.2, -0.15) is 13.2 Å². The van der Waals surface area contributed by atoms with Gasteiger partial charge >= 0.3 is 12.6 Å². The number of hydrogen-bond donors (Lipinski definition) is 0. The van der Waals surface area contributed by atoms with Gasteiger partial charge in [-0.25, -0.2) is 8.78 Å². The van der Waals surface area contributed by atoms with E-state index >= 15 is 0 Å². The Labute approximate surface area is 69.8 Å². The van der Waals surface area contributed by atoms with Crippen molar-refractivity contribution in [3.05, 3.63) is 12.7 Å². The molecule has 0 saturated heterocycles. The van der Waals surface area contributed by atoms with E-state index in [0.29, 0.717) is 0 Å². The smallest absolute Gasteiger partial charge is 0.276 e.